The molecule has 0 atom stereocenters. The number of nitrogens with zero attached hydrogens (tertiary/aromatic N) is 3. The van der Waals surface area contributed by atoms with Crippen LogP contribution in [0.1, 0.15) is 16.2 Å². The van der Waals surface area contributed by atoms with E-state index in [0.29, 0.717) is 5.82 Å². The molecule has 0 aliphatic carbocycles. The molecule has 0 saturated carbocycles. The third-order valence-corrected chi connectivity index (χ3v) is 4.01. The van der Waals surface area contributed by atoms with Crippen molar-refractivity contribution in [2.45, 2.75) is 6.54 Å². The summed E-state index contributed by atoms with van der Waals surface area (Å²) in [5, 5.41) is 6.53. The summed E-state index contributed by atoms with van der Waals surface area (Å²) in [7, 11) is 0. The van der Waals surface area contributed by atoms with E-state index in [0.717, 1.165) is 16.8 Å². The van der Waals surface area contributed by atoms with Crippen molar-refractivity contribution < 1.29 is 13.7 Å². The predicted octanol–water partition coefficient (Wildman–Crippen LogP) is 3.60. The van der Waals surface area contributed by atoms with E-state index in [1.165, 1.54) is 12.1 Å². The molecule has 0 spiro atoms. The number of halogens is 1. The van der Waals surface area contributed by atoms with Crippen molar-refractivity contribution in [3.05, 3.63) is 90.3 Å². The Balaban J connectivity index is 1.43. The van der Waals surface area contributed by atoms with Crippen LogP contribution < -0.4 is 5.32 Å². The fourth-order valence-electron chi connectivity index (χ4n) is 2.58. The van der Waals surface area contributed by atoms with E-state index in [1.807, 2.05) is 53.4 Å². The fraction of sp³-hybridized carbons (Fsp3) is 0.0500. The minimum Gasteiger partial charge on any atom is -0.344 e. The SMILES string of the molecule is O=C(NCc1ccc(F)cc1)c1nc(-c2ccc(-n3cccc3)cc2)no1. The standard InChI is InChI=1S/C20H15FN4O2/c21-16-7-3-14(4-8-16)13-22-19(26)20-23-18(24-27-20)15-5-9-17(10-6-15)25-11-1-2-12-25/h1-12H,13H2,(H,22,26). The third-order valence-electron chi connectivity index (χ3n) is 4.01. The first kappa shape index (κ1) is 16.7. The van der Waals surface area contributed by atoms with Gasteiger partial charge in [-0.05, 0) is 54.1 Å². The normalized spacial score (nSPS) is 10.7. The highest BCUT2D eigenvalue weighted by Gasteiger charge is 2.16. The van der Waals surface area contributed by atoms with E-state index in [2.05, 4.69) is 15.5 Å². The van der Waals surface area contributed by atoms with Crippen LogP contribution in [0, 0.1) is 5.82 Å². The second kappa shape index (κ2) is 7.25. The number of benzene rings is 2. The minimum absolute atomic E-state index is 0.124. The number of carbonyl (C=O) groups excluding carboxylic acids is 1. The molecule has 4 aromatic rings. The van der Waals surface area contributed by atoms with Gasteiger partial charge in [0.15, 0.2) is 0 Å². The molecule has 27 heavy (non-hydrogen) atoms. The molecule has 4 rings (SSSR count). The molecular formula is C20H15FN4O2. The fourth-order valence-corrected chi connectivity index (χ4v) is 2.58. The number of carbonyl (C=O) groups is 1. The Bertz CT molecular complexity index is 1040. The summed E-state index contributed by atoms with van der Waals surface area (Å²) in [5.41, 5.74) is 2.52. The van der Waals surface area contributed by atoms with Gasteiger partial charge in [0.1, 0.15) is 5.82 Å². The molecule has 0 bridgehead atoms. The van der Waals surface area contributed by atoms with Gasteiger partial charge in [0.05, 0.1) is 0 Å². The maximum absolute atomic E-state index is 12.9. The van der Waals surface area contributed by atoms with Crippen molar-refractivity contribution in [3.8, 4) is 17.1 Å². The van der Waals surface area contributed by atoms with Crippen molar-refractivity contribution in [2.75, 3.05) is 0 Å². The lowest BCUT2D eigenvalue weighted by Gasteiger charge is -2.03. The van der Waals surface area contributed by atoms with E-state index in [-0.39, 0.29) is 18.3 Å². The van der Waals surface area contributed by atoms with Gasteiger partial charge in [-0.15, -0.1) is 0 Å². The monoisotopic (exact) mass is 362 g/mol. The van der Waals surface area contributed by atoms with E-state index >= 15 is 0 Å². The van der Waals surface area contributed by atoms with Gasteiger partial charge in [0.25, 0.3) is 0 Å². The van der Waals surface area contributed by atoms with E-state index in [4.69, 9.17) is 4.52 Å². The number of rotatable bonds is 5. The first-order valence-corrected chi connectivity index (χ1v) is 8.29. The zero-order valence-corrected chi connectivity index (χ0v) is 14.2. The highest BCUT2D eigenvalue weighted by molar-refractivity contribution is 5.89. The molecule has 7 heteroatoms. The molecule has 1 amide bonds. The van der Waals surface area contributed by atoms with E-state index in [9.17, 15) is 9.18 Å². The average Bonchev–Trinajstić information content (AvgIpc) is 3.40. The lowest BCUT2D eigenvalue weighted by molar-refractivity contribution is 0.0907. The maximum Gasteiger partial charge on any atom is 0.316 e. The highest BCUT2D eigenvalue weighted by atomic mass is 19.1. The number of aromatic nitrogens is 3. The summed E-state index contributed by atoms with van der Waals surface area (Å²) in [5.74, 6) is -0.598. The van der Waals surface area contributed by atoms with Crippen LogP contribution in [0.15, 0.2) is 77.6 Å². The molecule has 0 aliphatic heterocycles. The Kier molecular flexibility index (Phi) is 4.49. The highest BCUT2D eigenvalue weighted by Crippen LogP contribution is 2.18. The van der Waals surface area contributed by atoms with E-state index < -0.39 is 5.91 Å². The lowest BCUT2D eigenvalue weighted by Crippen LogP contribution is -2.23. The molecular weight excluding hydrogens is 347 g/mol. The molecule has 2 aromatic carbocycles. The average molecular weight is 362 g/mol. The molecule has 0 unspecified atom stereocenters. The first-order chi connectivity index (χ1) is 13.2. The van der Waals surface area contributed by atoms with Gasteiger partial charge in [-0.3, -0.25) is 4.79 Å². The molecule has 134 valence electrons. The third kappa shape index (κ3) is 3.77. The van der Waals surface area contributed by atoms with Crippen LogP contribution in [-0.2, 0) is 6.54 Å². The predicted molar refractivity (Wildman–Crippen MR) is 96.6 cm³/mol. The van der Waals surface area contributed by atoms with Gasteiger partial charge in [0, 0.05) is 30.2 Å². The number of amides is 1. The Morgan fingerprint density at radius 2 is 1.74 bits per heavy atom. The summed E-state index contributed by atoms with van der Waals surface area (Å²) in [6.07, 6.45) is 3.90. The van der Waals surface area contributed by atoms with Gasteiger partial charge >= 0.3 is 11.8 Å². The van der Waals surface area contributed by atoms with Gasteiger partial charge in [-0.1, -0.05) is 17.3 Å². The van der Waals surface area contributed by atoms with Crippen LogP contribution in [0.4, 0.5) is 4.39 Å². The number of hydrogen-bond donors (Lipinski definition) is 1. The quantitative estimate of drug-likeness (QED) is 0.589. The van der Waals surface area contributed by atoms with Crippen molar-refractivity contribution in [3.63, 3.8) is 0 Å². The van der Waals surface area contributed by atoms with E-state index in [1.54, 1.807) is 12.1 Å². The Hall–Kier alpha value is -3.74. The second-order valence-electron chi connectivity index (χ2n) is 5.87. The lowest BCUT2D eigenvalue weighted by atomic mass is 10.2. The summed E-state index contributed by atoms with van der Waals surface area (Å²) in [4.78, 5) is 16.3. The Morgan fingerprint density at radius 3 is 2.44 bits per heavy atom. The molecule has 0 aliphatic rings. The summed E-state index contributed by atoms with van der Waals surface area (Å²) in [6.45, 7) is 0.238. The zero-order valence-electron chi connectivity index (χ0n) is 14.2. The van der Waals surface area contributed by atoms with Crippen molar-refractivity contribution >= 4 is 5.91 Å². The Labute approximate surface area is 154 Å². The van der Waals surface area contributed by atoms with Gasteiger partial charge in [-0.2, -0.15) is 4.98 Å². The molecule has 2 heterocycles. The first-order valence-electron chi connectivity index (χ1n) is 8.29. The van der Waals surface area contributed by atoms with Crippen LogP contribution in [0.2, 0.25) is 0 Å². The maximum atomic E-state index is 12.9. The summed E-state index contributed by atoms with van der Waals surface area (Å²) < 4.78 is 19.9. The molecule has 0 radical (unpaired) electrons. The van der Waals surface area contributed by atoms with Gasteiger partial charge in [-0.25, -0.2) is 4.39 Å². The topological polar surface area (TPSA) is 73.0 Å². The smallest absolute Gasteiger partial charge is 0.316 e. The second-order valence-corrected chi connectivity index (χ2v) is 5.87. The molecule has 6 nitrogen and oxygen atoms in total. The molecule has 2 aromatic heterocycles. The van der Waals surface area contributed by atoms with Crippen LogP contribution in [0.5, 0.6) is 0 Å². The molecule has 1 N–H and O–H groups in total. The summed E-state index contributed by atoms with van der Waals surface area (Å²) in [6, 6.07) is 17.4. The molecule has 0 saturated heterocycles. The minimum atomic E-state index is -0.484. The van der Waals surface area contributed by atoms with Crippen molar-refractivity contribution in [1.82, 2.24) is 20.0 Å². The number of nitrogens with one attached hydrogen (secondary N) is 1. The van der Waals surface area contributed by atoms with Crippen LogP contribution >= 0.6 is 0 Å². The molecule has 0 fully saturated rings. The van der Waals surface area contributed by atoms with Crippen LogP contribution in [0.25, 0.3) is 17.1 Å². The Morgan fingerprint density at radius 1 is 1.04 bits per heavy atom. The summed E-state index contributed by atoms with van der Waals surface area (Å²) >= 11 is 0. The number of hydrogen-bond acceptors (Lipinski definition) is 4. The van der Waals surface area contributed by atoms with Crippen LogP contribution in [0.3, 0.4) is 0 Å². The largest absolute Gasteiger partial charge is 0.344 e. The van der Waals surface area contributed by atoms with Gasteiger partial charge in [0.2, 0.25) is 5.82 Å². The van der Waals surface area contributed by atoms with Gasteiger partial charge < -0.3 is 14.4 Å². The van der Waals surface area contributed by atoms with Crippen molar-refractivity contribution in [1.29, 1.82) is 0 Å². The van der Waals surface area contributed by atoms with Crippen LogP contribution in [-0.4, -0.2) is 20.6 Å². The zero-order chi connectivity index (χ0) is 18.6. The van der Waals surface area contributed by atoms with Crippen molar-refractivity contribution in [2.24, 2.45) is 0 Å².